The van der Waals surface area contributed by atoms with Gasteiger partial charge in [-0.2, -0.15) is 0 Å². The Labute approximate surface area is 231 Å². The molecule has 0 radical (unpaired) electrons. The maximum atomic E-state index is 13.5. The third kappa shape index (κ3) is 5.93. The van der Waals surface area contributed by atoms with E-state index in [2.05, 4.69) is 0 Å². The first kappa shape index (κ1) is 30.1. The summed E-state index contributed by atoms with van der Waals surface area (Å²) in [5.74, 6) is -1.77. The zero-order chi connectivity index (χ0) is 29.0. The van der Waals surface area contributed by atoms with Crippen molar-refractivity contribution in [2.45, 2.75) is 66.2 Å². The Hall–Kier alpha value is -3.46. The van der Waals surface area contributed by atoms with Crippen molar-refractivity contribution in [3.05, 3.63) is 53.3 Å². The van der Waals surface area contributed by atoms with E-state index < -0.39 is 34.6 Å². The SMILES string of the molecule is CCCCN1C(=O)/C(=C\C=C2\N(CCO)c3ccccc3C2(C)C)C(=O)N(CCOC(=O)C(C)(C)CC)C1=O. The predicted octanol–water partition coefficient (Wildman–Crippen LogP) is 4.16. The summed E-state index contributed by atoms with van der Waals surface area (Å²) < 4.78 is 5.37. The van der Waals surface area contributed by atoms with Crippen molar-refractivity contribution in [1.82, 2.24) is 9.80 Å². The minimum absolute atomic E-state index is 0.0726. The number of para-hydroxylation sites is 1. The number of imide groups is 2. The molecule has 0 saturated carbocycles. The molecule has 1 N–H and O–H groups in total. The molecule has 2 aliphatic rings. The number of nitrogens with zero attached hydrogens (tertiary/aromatic N) is 3. The molecule has 0 unspecified atom stereocenters. The second-order valence-electron chi connectivity index (χ2n) is 11.1. The van der Waals surface area contributed by atoms with Gasteiger partial charge in [-0.1, -0.05) is 52.3 Å². The highest BCUT2D eigenvalue weighted by Crippen LogP contribution is 2.47. The van der Waals surface area contributed by atoms with Crippen LogP contribution in [0, 0.1) is 5.41 Å². The van der Waals surface area contributed by atoms with Crippen LogP contribution in [0.2, 0.25) is 0 Å². The van der Waals surface area contributed by atoms with Gasteiger partial charge in [-0.15, -0.1) is 0 Å². The molecule has 0 aliphatic carbocycles. The second-order valence-corrected chi connectivity index (χ2v) is 11.1. The zero-order valence-electron chi connectivity index (χ0n) is 24.0. The molecule has 0 aromatic heterocycles. The van der Waals surface area contributed by atoms with Crippen LogP contribution in [0.25, 0.3) is 0 Å². The first-order chi connectivity index (χ1) is 18.4. The highest BCUT2D eigenvalue weighted by molar-refractivity contribution is 6.28. The quantitative estimate of drug-likeness (QED) is 0.256. The van der Waals surface area contributed by atoms with Gasteiger partial charge in [0.15, 0.2) is 0 Å². The van der Waals surface area contributed by atoms with E-state index in [9.17, 15) is 24.3 Å². The van der Waals surface area contributed by atoms with Crippen molar-refractivity contribution in [3.63, 3.8) is 0 Å². The molecule has 0 bridgehead atoms. The molecule has 1 saturated heterocycles. The minimum Gasteiger partial charge on any atom is -0.463 e. The number of hydrogen-bond donors (Lipinski definition) is 1. The van der Waals surface area contributed by atoms with Crippen LogP contribution in [0.3, 0.4) is 0 Å². The maximum Gasteiger partial charge on any atom is 0.334 e. The Morgan fingerprint density at radius 2 is 1.62 bits per heavy atom. The van der Waals surface area contributed by atoms with Gasteiger partial charge < -0.3 is 14.7 Å². The molecule has 0 atom stereocenters. The molecule has 1 fully saturated rings. The van der Waals surface area contributed by atoms with Gasteiger partial charge in [-0.3, -0.25) is 24.2 Å². The van der Waals surface area contributed by atoms with Crippen LogP contribution in [-0.4, -0.2) is 71.6 Å². The third-order valence-corrected chi connectivity index (χ3v) is 7.66. The Kier molecular flexibility index (Phi) is 9.38. The van der Waals surface area contributed by atoms with E-state index in [0.29, 0.717) is 19.4 Å². The van der Waals surface area contributed by atoms with Crippen molar-refractivity contribution < 1.29 is 29.0 Å². The lowest BCUT2D eigenvalue weighted by atomic mass is 9.83. The number of aliphatic hydroxyl groups is 1. The van der Waals surface area contributed by atoms with Crippen LogP contribution >= 0.6 is 0 Å². The average Bonchev–Trinajstić information content (AvgIpc) is 3.12. The molecular weight excluding hydrogens is 498 g/mol. The Morgan fingerprint density at radius 3 is 2.23 bits per heavy atom. The summed E-state index contributed by atoms with van der Waals surface area (Å²) in [6.45, 7) is 11.6. The first-order valence-electron chi connectivity index (χ1n) is 13.7. The van der Waals surface area contributed by atoms with Crippen LogP contribution in [0.15, 0.2) is 47.7 Å². The number of aliphatic hydroxyl groups excluding tert-OH is 1. The van der Waals surface area contributed by atoms with Gasteiger partial charge >= 0.3 is 12.0 Å². The number of carbonyl (C=O) groups excluding carboxylic acids is 4. The molecule has 4 amide bonds. The largest absolute Gasteiger partial charge is 0.463 e. The van der Waals surface area contributed by atoms with Gasteiger partial charge in [0.05, 0.1) is 18.6 Å². The summed E-state index contributed by atoms with van der Waals surface area (Å²) in [5.41, 5.74) is 1.60. The van der Waals surface area contributed by atoms with E-state index in [1.54, 1.807) is 19.9 Å². The Bertz CT molecular complexity index is 1180. The topological polar surface area (TPSA) is 107 Å². The van der Waals surface area contributed by atoms with Crippen LogP contribution in [0.1, 0.15) is 66.4 Å². The second kappa shape index (κ2) is 12.2. The summed E-state index contributed by atoms with van der Waals surface area (Å²) in [7, 11) is 0. The standard InChI is InChI=1S/C30H41N3O6/c1-7-9-16-32-25(35)21(26(36)33(28(32)38)18-20-39-27(37)29(3,4)8-2)14-15-24-30(5,6)22-12-10-11-13-23(22)31(24)17-19-34/h10-15,34H,7-9,16-20H2,1-6H3/b21-14+,24-15+. The van der Waals surface area contributed by atoms with Gasteiger partial charge in [0.1, 0.15) is 12.2 Å². The summed E-state index contributed by atoms with van der Waals surface area (Å²) >= 11 is 0. The highest BCUT2D eigenvalue weighted by Gasteiger charge is 2.43. The number of barbiturate groups is 1. The lowest BCUT2D eigenvalue weighted by Gasteiger charge is -2.34. The van der Waals surface area contributed by atoms with Crippen LogP contribution in [-0.2, 0) is 24.5 Å². The number of ether oxygens (including phenoxy) is 1. The van der Waals surface area contributed by atoms with Crippen LogP contribution < -0.4 is 4.90 Å². The van der Waals surface area contributed by atoms with E-state index >= 15 is 0 Å². The number of allylic oxidation sites excluding steroid dienone is 3. The fourth-order valence-corrected chi connectivity index (χ4v) is 4.77. The Balaban J connectivity index is 1.95. The number of urea groups is 1. The normalized spacial score (nSPS) is 19.4. The number of hydrogen-bond acceptors (Lipinski definition) is 7. The van der Waals surface area contributed by atoms with Crippen LogP contribution in [0.4, 0.5) is 10.5 Å². The fourth-order valence-electron chi connectivity index (χ4n) is 4.77. The van der Waals surface area contributed by atoms with Crippen molar-refractivity contribution in [1.29, 1.82) is 0 Å². The number of benzene rings is 1. The highest BCUT2D eigenvalue weighted by atomic mass is 16.5. The van der Waals surface area contributed by atoms with Crippen molar-refractivity contribution in [2.75, 3.05) is 37.7 Å². The number of β-amino-alcohol motifs (C(OH)–C–C–N with tert-alkyl or cyclic N) is 1. The number of esters is 1. The molecule has 2 heterocycles. The van der Waals surface area contributed by atoms with Gasteiger partial charge in [0.25, 0.3) is 11.8 Å². The van der Waals surface area contributed by atoms with E-state index in [4.69, 9.17) is 4.74 Å². The fraction of sp³-hybridized carbons (Fsp3) is 0.533. The summed E-state index contributed by atoms with van der Waals surface area (Å²) in [4.78, 5) is 56.4. The van der Waals surface area contributed by atoms with E-state index in [0.717, 1.165) is 33.2 Å². The molecule has 9 nitrogen and oxygen atoms in total. The summed E-state index contributed by atoms with van der Waals surface area (Å²) in [5, 5.41) is 9.73. The smallest absolute Gasteiger partial charge is 0.334 e. The average molecular weight is 540 g/mol. The lowest BCUT2D eigenvalue weighted by molar-refractivity contribution is -0.155. The third-order valence-electron chi connectivity index (χ3n) is 7.66. The van der Waals surface area contributed by atoms with Gasteiger partial charge in [-0.25, -0.2) is 4.79 Å². The zero-order valence-corrected chi connectivity index (χ0v) is 24.0. The number of carbonyl (C=O) groups is 4. The number of fused-ring (bicyclic) bond motifs is 1. The number of unbranched alkanes of at least 4 members (excludes halogenated alkanes) is 1. The predicted molar refractivity (Wildman–Crippen MR) is 149 cm³/mol. The number of anilines is 1. The van der Waals surface area contributed by atoms with Gasteiger partial charge in [0, 0.05) is 29.9 Å². The van der Waals surface area contributed by atoms with E-state index in [1.165, 1.54) is 6.08 Å². The van der Waals surface area contributed by atoms with Gasteiger partial charge in [0.2, 0.25) is 0 Å². The molecule has 39 heavy (non-hydrogen) atoms. The molecule has 3 rings (SSSR count). The summed E-state index contributed by atoms with van der Waals surface area (Å²) in [6, 6.07) is 7.18. The lowest BCUT2D eigenvalue weighted by Crippen LogP contribution is -2.57. The first-order valence-corrected chi connectivity index (χ1v) is 13.7. The number of rotatable bonds is 11. The molecule has 212 valence electrons. The molecule has 2 aliphatic heterocycles. The molecule has 9 heteroatoms. The Morgan fingerprint density at radius 1 is 0.974 bits per heavy atom. The van der Waals surface area contributed by atoms with Crippen molar-refractivity contribution in [2.24, 2.45) is 5.41 Å². The van der Waals surface area contributed by atoms with E-state index in [-0.39, 0.29) is 31.9 Å². The maximum absolute atomic E-state index is 13.5. The molecule has 1 aromatic carbocycles. The minimum atomic E-state index is -0.720. The summed E-state index contributed by atoms with van der Waals surface area (Å²) in [6.07, 6.45) is 5.15. The van der Waals surface area contributed by atoms with Crippen molar-refractivity contribution in [3.8, 4) is 0 Å². The monoisotopic (exact) mass is 539 g/mol. The van der Waals surface area contributed by atoms with Gasteiger partial charge in [-0.05, 0) is 50.5 Å². The number of amides is 4. The van der Waals surface area contributed by atoms with E-state index in [1.807, 2.05) is 56.9 Å². The molecule has 0 spiro atoms. The van der Waals surface area contributed by atoms with Crippen molar-refractivity contribution >= 4 is 29.5 Å². The van der Waals surface area contributed by atoms with Crippen LogP contribution in [0.5, 0.6) is 0 Å². The molecule has 1 aromatic rings. The molecular formula is C30H41N3O6.